The Morgan fingerprint density at radius 3 is 2.75 bits per heavy atom. The fourth-order valence-corrected chi connectivity index (χ4v) is 4.17. The van der Waals surface area contributed by atoms with Crippen LogP contribution in [-0.4, -0.2) is 11.2 Å². The molecule has 0 saturated heterocycles. The average molecular weight is 166 g/mol. The van der Waals surface area contributed by atoms with E-state index in [4.69, 9.17) is 0 Å². The summed E-state index contributed by atoms with van der Waals surface area (Å²) in [5, 5.41) is 10.1. The Kier molecular flexibility index (Phi) is 1.27. The van der Waals surface area contributed by atoms with E-state index in [1.54, 1.807) is 0 Å². The van der Waals surface area contributed by atoms with Crippen LogP contribution in [0.2, 0.25) is 0 Å². The van der Waals surface area contributed by atoms with Gasteiger partial charge in [-0.3, -0.25) is 0 Å². The second-order valence-corrected chi connectivity index (χ2v) is 5.23. The first-order valence-electron chi connectivity index (χ1n) is 5.47. The molecule has 68 valence electrons. The molecular weight excluding hydrogens is 148 g/mol. The summed E-state index contributed by atoms with van der Waals surface area (Å²) < 4.78 is 0. The third-order valence-electron chi connectivity index (χ3n) is 4.88. The van der Waals surface area contributed by atoms with Crippen molar-refractivity contribution >= 4 is 0 Å². The zero-order chi connectivity index (χ0) is 8.23. The summed E-state index contributed by atoms with van der Waals surface area (Å²) in [7, 11) is 0. The first-order valence-corrected chi connectivity index (χ1v) is 5.47. The molecule has 0 aromatic heterocycles. The Morgan fingerprint density at radius 2 is 1.83 bits per heavy atom. The van der Waals surface area contributed by atoms with E-state index >= 15 is 0 Å². The molecule has 12 heavy (non-hydrogen) atoms. The maximum Gasteiger partial charge on any atom is 0.0602 e. The van der Waals surface area contributed by atoms with Crippen LogP contribution in [0.4, 0.5) is 0 Å². The molecule has 3 aliphatic carbocycles. The number of rotatable bonds is 0. The third kappa shape index (κ3) is 0.654. The normalized spacial score (nSPS) is 57.2. The van der Waals surface area contributed by atoms with Crippen LogP contribution in [0.1, 0.15) is 51.4 Å². The van der Waals surface area contributed by atoms with Crippen LogP contribution in [0, 0.1) is 10.8 Å². The van der Waals surface area contributed by atoms with Gasteiger partial charge in [-0.05, 0) is 37.5 Å². The quantitative estimate of drug-likeness (QED) is 0.586. The molecule has 1 heteroatoms. The molecule has 3 fully saturated rings. The lowest BCUT2D eigenvalue weighted by Crippen LogP contribution is -2.22. The fraction of sp³-hybridized carbons (Fsp3) is 1.00. The SMILES string of the molecule is O[C@@H]1CCCC[C@]23CCC[C@]12C3. The summed E-state index contributed by atoms with van der Waals surface area (Å²) in [4.78, 5) is 0. The van der Waals surface area contributed by atoms with Crippen molar-refractivity contribution in [2.24, 2.45) is 10.8 Å². The van der Waals surface area contributed by atoms with Crippen molar-refractivity contribution < 1.29 is 5.11 Å². The largest absolute Gasteiger partial charge is 0.393 e. The van der Waals surface area contributed by atoms with Gasteiger partial charge in [-0.2, -0.15) is 0 Å². The topological polar surface area (TPSA) is 20.2 Å². The van der Waals surface area contributed by atoms with Crippen LogP contribution >= 0.6 is 0 Å². The molecule has 0 aliphatic heterocycles. The average Bonchev–Trinajstić information content (AvgIpc) is 2.60. The second kappa shape index (κ2) is 2.06. The summed E-state index contributed by atoms with van der Waals surface area (Å²) in [6, 6.07) is 0. The molecule has 3 saturated carbocycles. The van der Waals surface area contributed by atoms with Gasteiger partial charge in [0.25, 0.3) is 0 Å². The summed E-state index contributed by atoms with van der Waals surface area (Å²) in [5.74, 6) is 0. The molecule has 0 spiro atoms. The van der Waals surface area contributed by atoms with Gasteiger partial charge in [0.15, 0.2) is 0 Å². The van der Waals surface area contributed by atoms with E-state index in [1.807, 2.05) is 0 Å². The van der Waals surface area contributed by atoms with Crippen LogP contribution in [-0.2, 0) is 0 Å². The summed E-state index contributed by atoms with van der Waals surface area (Å²) in [6.07, 6.45) is 10.7. The van der Waals surface area contributed by atoms with E-state index in [1.165, 1.54) is 44.9 Å². The Bertz CT molecular complexity index is 209. The number of aliphatic hydroxyl groups excluding tert-OH is 1. The van der Waals surface area contributed by atoms with E-state index in [9.17, 15) is 5.11 Å². The zero-order valence-corrected chi connectivity index (χ0v) is 7.68. The monoisotopic (exact) mass is 166 g/mol. The lowest BCUT2D eigenvalue weighted by Gasteiger charge is -2.20. The molecule has 1 nitrogen and oxygen atoms in total. The Hall–Kier alpha value is -0.0400. The second-order valence-electron chi connectivity index (χ2n) is 5.23. The van der Waals surface area contributed by atoms with Crippen LogP contribution in [0.25, 0.3) is 0 Å². The highest BCUT2D eigenvalue weighted by Crippen LogP contribution is 2.78. The maximum absolute atomic E-state index is 10.1. The Labute approximate surface area is 74.2 Å². The van der Waals surface area contributed by atoms with Crippen molar-refractivity contribution in [3.8, 4) is 0 Å². The molecule has 1 N–H and O–H groups in total. The molecule has 0 heterocycles. The van der Waals surface area contributed by atoms with Gasteiger partial charge in [-0.15, -0.1) is 0 Å². The zero-order valence-electron chi connectivity index (χ0n) is 7.68. The first-order chi connectivity index (χ1) is 5.79. The summed E-state index contributed by atoms with van der Waals surface area (Å²) in [5.41, 5.74) is 1.08. The van der Waals surface area contributed by atoms with Crippen LogP contribution in [0.15, 0.2) is 0 Å². The number of hydrogen-bond donors (Lipinski definition) is 1. The van der Waals surface area contributed by atoms with Gasteiger partial charge in [0, 0.05) is 5.41 Å². The van der Waals surface area contributed by atoms with Gasteiger partial charge in [0.1, 0.15) is 0 Å². The van der Waals surface area contributed by atoms with Crippen LogP contribution < -0.4 is 0 Å². The molecule has 3 aliphatic rings. The van der Waals surface area contributed by atoms with Crippen molar-refractivity contribution in [3.63, 3.8) is 0 Å². The molecule has 0 bridgehead atoms. The highest BCUT2D eigenvalue weighted by atomic mass is 16.3. The van der Waals surface area contributed by atoms with Gasteiger partial charge < -0.3 is 5.11 Å². The van der Waals surface area contributed by atoms with E-state index < -0.39 is 0 Å². The standard InChI is InChI=1S/C11H18O/c12-9-4-1-2-5-10-6-3-7-11(9,10)8-10/h9,12H,1-8H2/t9-,10-,11+/m1/s1. The molecule has 0 aromatic carbocycles. The van der Waals surface area contributed by atoms with Crippen molar-refractivity contribution in [1.29, 1.82) is 0 Å². The number of hydrogen-bond acceptors (Lipinski definition) is 1. The molecule has 0 aromatic rings. The first kappa shape index (κ1) is 7.37. The van der Waals surface area contributed by atoms with Crippen molar-refractivity contribution in [1.82, 2.24) is 0 Å². The van der Waals surface area contributed by atoms with E-state index in [0.29, 0.717) is 10.8 Å². The predicted molar refractivity (Wildman–Crippen MR) is 47.8 cm³/mol. The molecule has 3 rings (SSSR count). The minimum Gasteiger partial charge on any atom is -0.393 e. The van der Waals surface area contributed by atoms with Crippen molar-refractivity contribution in [3.05, 3.63) is 0 Å². The van der Waals surface area contributed by atoms with Gasteiger partial charge in [0.05, 0.1) is 6.10 Å². The van der Waals surface area contributed by atoms with Gasteiger partial charge in [0.2, 0.25) is 0 Å². The lowest BCUT2D eigenvalue weighted by molar-refractivity contribution is 0.0734. The van der Waals surface area contributed by atoms with Crippen molar-refractivity contribution in [2.75, 3.05) is 0 Å². The minimum absolute atomic E-state index is 0.0579. The Balaban J connectivity index is 1.94. The predicted octanol–water partition coefficient (Wildman–Crippen LogP) is 2.48. The maximum atomic E-state index is 10.1. The molecule has 0 unspecified atom stereocenters. The minimum atomic E-state index is 0.0579. The molecule has 0 amide bonds. The third-order valence-corrected chi connectivity index (χ3v) is 4.88. The smallest absolute Gasteiger partial charge is 0.0602 e. The lowest BCUT2D eigenvalue weighted by atomic mass is 9.89. The van der Waals surface area contributed by atoms with Crippen LogP contribution in [0.5, 0.6) is 0 Å². The fourth-order valence-electron chi connectivity index (χ4n) is 4.17. The Morgan fingerprint density at radius 1 is 1.00 bits per heavy atom. The van der Waals surface area contributed by atoms with E-state index in [2.05, 4.69) is 0 Å². The highest BCUT2D eigenvalue weighted by molar-refractivity contribution is 5.21. The van der Waals surface area contributed by atoms with Gasteiger partial charge in [-0.25, -0.2) is 0 Å². The summed E-state index contributed by atoms with van der Waals surface area (Å²) in [6.45, 7) is 0. The molecule has 0 radical (unpaired) electrons. The molecular formula is C11H18O. The van der Waals surface area contributed by atoms with Gasteiger partial charge >= 0.3 is 0 Å². The van der Waals surface area contributed by atoms with Crippen molar-refractivity contribution in [2.45, 2.75) is 57.5 Å². The highest BCUT2D eigenvalue weighted by Gasteiger charge is 2.71. The van der Waals surface area contributed by atoms with E-state index in [-0.39, 0.29) is 6.10 Å². The van der Waals surface area contributed by atoms with Gasteiger partial charge in [-0.1, -0.05) is 19.3 Å². The van der Waals surface area contributed by atoms with Crippen LogP contribution in [0.3, 0.4) is 0 Å². The summed E-state index contributed by atoms with van der Waals surface area (Å²) >= 11 is 0. The van der Waals surface area contributed by atoms with E-state index in [0.717, 1.165) is 6.42 Å². The molecule has 3 atom stereocenters. The number of aliphatic hydroxyl groups is 1.